The average Bonchev–Trinajstić information content (AvgIpc) is 2.64. The van der Waals surface area contributed by atoms with E-state index in [1.807, 2.05) is 0 Å². The number of rotatable bonds is 5. The van der Waals surface area contributed by atoms with E-state index < -0.39 is 0 Å². The molecule has 1 N–H and O–H groups in total. The third kappa shape index (κ3) is 7.67. The summed E-state index contributed by atoms with van der Waals surface area (Å²) in [6.07, 6.45) is 2.56. The van der Waals surface area contributed by atoms with Crippen LogP contribution in [0.1, 0.15) is 40.5 Å². The molecule has 2 saturated heterocycles. The molecule has 0 radical (unpaired) electrons. The van der Waals surface area contributed by atoms with E-state index in [0.29, 0.717) is 12.1 Å². The molecule has 0 aromatic rings. The second-order valence-corrected chi connectivity index (χ2v) is 8.61. The normalized spacial score (nSPS) is 20.4. The molecule has 0 bridgehead atoms. The van der Waals surface area contributed by atoms with Gasteiger partial charge in [-0.1, -0.05) is 0 Å². The number of amides is 1. The van der Waals surface area contributed by atoms with Gasteiger partial charge in [0, 0.05) is 58.4 Å². The summed E-state index contributed by atoms with van der Waals surface area (Å²) < 4.78 is 0. The summed E-state index contributed by atoms with van der Waals surface area (Å²) in [6.45, 7) is 15.6. The molecular formula is C20H41IN6O. The van der Waals surface area contributed by atoms with Crippen molar-refractivity contribution < 1.29 is 4.79 Å². The third-order valence-electron chi connectivity index (χ3n) is 5.64. The Morgan fingerprint density at radius 3 is 2.07 bits per heavy atom. The van der Waals surface area contributed by atoms with E-state index >= 15 is 0 Å². The summed E-state index contributed by atoms with van der Waals surface area (Å²) in [7, 11) is 3.55. The molecule has 0 spiro atoms. The van der Waals surface area contributed by atoms with Gasteiger partial charge in [-0.05, 0) is 53.6 Å². The van der Waals surface area contributed by atoms with E-state index in [2.05, 4.69) is 52.7 Å². The van der Waals surface area contributed by atoms with Crippen LogP contribution in [0.4, 0.5) is 0 Å². The Morgan fingerprint density at radius 2 is 1.61 bits per heavy atom. The molecule has 7 nitrogen and oxygen atoms in total. The van der Waals surface area contributed by atoms with Crippen molar-refractivity contribution in [2.24, 2.45) is 4.99 Å². The molecule has 0 atom stereocenters. The molecule has 0 saturated carbocycles. The van der Waals surface area contributed by atoms with Crippen LogP contribution >= 0.6 is 24.0 Å². The highest BCUT2D eigenvalue weighted by Crippen LogP contribution is 2.19. The van der Waals surface area contributed by atoms with E-state index in [0.717, 1.165) is 38.2 Å². The van der Waals surface area contributed by atoms with Crippen molar-refractivity contribution >= 4 is 35.8 Å². The van der Waals surface area contributed by atoms with Crippen LogP contribution in [0.5, 0.6) is 0 Å². The second-order valence-electron chi connectivity index (χ2n) is 8.61. The minimum absolute atomic E-state index is 0. The topological polar surface area (TPSA) is 54.4 Å². The van der Waals surface area contributed by atoms with Crippen LogP contribution in [0.25, 0.3) is 0 Å². The van der Waals surface area contributed by atoms with Gasteiger partial charge in [-0.25, -0.2) is 4.99 Å². The summed E-state index contributed by atoms with van der Waals surface area (Å²) in [5.41, 5.74) is 0. The molecule has 8 heteroatoms. The van der Waals surface area contributed by atoms with Crippen LogP contribution in [0.15, 0.2) is 4.99 Å². The maximum Gasteiger partial charge on any atom is 0.243 e. The van der Waals surface area contributed by atoms with E-state index in [9.17, 15) is 4.79 Å². The number of carbonyl (C=O) groups is 1. The predicted molar refractivity (Wildman–Crippen MR) is 128 cm³/mol. The van der Waals surface area contributed by atoms with Crippen molar-refractivity contribution in [1.82, 2.24) is 24.9 Å². The largest absolute Gasteiger partial charge is 0.354 e. The number of nitrogens with zero attached hydrogens (tertiary/aromatic N) is 5. The van der Waals surface area contributed by atoms with Crippen molar-refractivity contribution in [3.05, 3.63) is 0 Å². The molecule has 28 heavy (non-hydrogen) atoms. The van der Waals surface area contributed by atoms with Gasteiger partial charge in [0.25, 0.3) is 0 Å². The molecule has 2 heterocycles. The SMILES string of the molecule is CC(C)NC(=NCC(=O)N(C)C)N1CCN(C2CCN(C(C)C)CC2)CC1.I. The molecule has 0 aromatic carbocycles. The summed E-state index contributed by atoms with van der Waals surface area (Å²) in [6, 6.07) is 1.68. The van der Waals surface area contributed by atoms with Gasteiger partial charge in [0.2, 0.25) is 5.91 Å². The first-order chi connectivity index (χ1) is 12.8. The van der Waals surface area contributed by atoms with Crippen molar-refractivity contribution in [2.75, 3.05) is 59.9 Å². The minimum Gasteiger partial charge on any atom is -0.354 e. The molecule has 0 aromatic heterocycles. The summed E-state index contributed by atoms with van der Waals surface area (Å²) >= 11 is 0. The molecule has 0 aliphatic carbocycles. The monoisotopic (exact) mass is 508 g/mol. The Kier molecular flexibility index (Phi) is 11.1. The van der Waals surface area contributed by atoms with Crippen molar-refractivity contribution in [1.29, 1.82) is 0 Å². The quantitative estimate of drug-likeness (QED) is 0.347. The van der Waals surface area contributed by atoms with Gasteiger partial charge in [0.05, 0.1) is 0 Å². The highest BCUT2D eigenvalue weighted by Gasteiger charge is 2.29. The number of hydrogen-bond acceptors (Lipinski definition) is 4. The summed E-state index contributed by atoms with van der Waals surface area (Å²) in [5, 5.41) is 3.44. The number of piperazine rings is 1. The second kappa shape index (κ2) is 12.2. The van der Waals surface area contributed by atoms with Gasteiger partial charge in [0.15, 0.2) is 5.96 Å². The molecule has 0 unspecified atom stereocenters. The predicted octanol–water partition coefficient (Wildman–Crippen LogP) is 1.54. The number of likely N-dealkylation sites (N-methyl/N-ethyl adjacent to an activating group) is 1. The van der Waals surface area contributed by atoms with Gasteiger partial charge >= 0.3 is 0 Å². The molecule has 2 fully saturated rings. The molecule has 164 valence electrons. The van der Waals surface area contributed by atoms with E-state index in [4.69, 9.17) is 0 Å². The zero-order valence-electron chi connectivity index (χ0n) is 18.6. The molecule has 2 aliphatic heterocycles. The Labute approximate surface area is 188 Å². The van der Waals surface area contributed by atoms with Crippen molar-refractivity contribution in [2.45, 2.75) is 58.7 Å². The number of piperidine rings is 1. The van der Waals surface area contributed by atoms with Crippen LogP contribution in [-0.4, -0.2) is 110 Å². The van der Waals surface area contributed by atoms with Crippen LogP contribution in [0.3, 0.4) is 0 Å². The standard InChI is InChI=1S/C20H40N6O.HI/c1-16(2)22-20(21-15-19(27)23(5)6)26-13-11-25(12-14-26)18-7-9-24(10-8-18)17(3)4;/h16-18H,7-15H2,1-6H3,(H,21,22);1H. The third-order valence-corrected chi connectivity index (χ3v) is 5.64. The molecular weight excluding hydrogens is 467 g/mol. The number of halogens is 1. The lowest BCUT2D eigenvalue weighted by Crippen LogP contribution is -2.57. The van der Waals surface area contributed by atoms with Crippen molar-refractivity contribution in [3.63, 3.8) is 0 Å². The summed E-state index contributed by atoms with van der Waals surface area (Å²) in [4.78, 5) is 25.7. The van der Waals surface area contributed by atoms with E-state index in [-0.39, 0.29) is 36.4 Å². The lowest BCUT2D eigenvalue weighted by atomic mass is 10.0. The van der Waals surface area contributed by atoms with Gasteiger partial charge in [-0.2, -0.15) is 0 Å². The molecule has 2 rings (SSSR count). The Hall–Kier alpha value is -0.610. The average molecular weight is 508 g/mol. The Balaban J connectivity index is 0.00000392. The fourth-order valence-electron chi connectivity index (χ4n) is 3.85. The first kappa shape index (κ1) is 25.4. The number of aliphatic imine (C=N–C) groups is 1. The minimum atomic E-state index is 0. The van der Waals surface area contributed by atoms with Crippen LogP contribution in [0, 0.1) is 0 Å². The number of likely N-dealkylation sites (tertiary alicyclic amines) is 1. The first-order valence-electron chi connectivity index (χ1n) is 10.5. The van der Waals surface area contributed by atoms with Gasteiger partial charge in [-0.15, -0.1) is 24.0 Å². The maximum absolute atomic E-state index is 11.9. The fourth-order valence-corrected chi connectivity index (χ4v) is 3.85. The fraction of sp³-hybridized carbons (Fsp3) is 0.900. The highest BCUT2D eigenvalue weighted by atomic mass is 127. The van der Waals surface area contributed by atoms with Crippen LogP contribution in [0.2, 0.25) is 0 Å². The Morgan fingerprint density at radius 1 is 1.04 bits per heavy atom. The van der Waals surface area contributed by atoms with E-state index in [1.54, 1.807) is 19.0 Å². The van der Waals surface area contributed by atoms with Crippen LogP contribution in [-0.2, 0) is 4.79 Å². The van der Waals surface area contributed by atoms with Gasteiger partial charge < -0.3 is 20.0 Å². The lowest BCUT2D eigenvalue weighted by molar-refractivity contribution is -0.127. The molecule has 1 amide bonds. The highest BCUT2D eigenvalue weighted by molar-refractivity contribution is 14.0. The number of carbonyl (C=O) groups excluding carboxylic acids is 1. The van der Waals surface area contributed by atoms with Gasteiger partial charge in [0.1, 0.15) is 6.54 Å². The van der Waals surface area contributed by atoms with Gasteiger partial charge in [-0.3, -0.25) is 9.69 Å². The number of guanidine groups is 1. The van der Waals surface area contributed by atoms with E-state index in [1.165, 1.54) is 25.9 Å². The number of hydrogen-bond donors (Lipinski definition) is 1. The lowest BCUT2D eigenvalue weighted by Gasteiger charge is -2.44. The first-order valence-corrected chi connectivity index (χ1v) is 10.5. The zero-order chi connectivity index (χ0) is 20.0. The van der Waals surface area contributed by atoms with Crippen molar-refractivity contribution in [3.8, 4) is 0 Å². The van der Waals surface area contributed by atoms with Crippen LogP contribution < -0.4 is 5.32 Å². The Bertz CT molecular complexity index is 495. The summed E-state index contributed by atoms with van der Waals surface area (Å²) in [5.74, 6) is 0.906. The number of nitrogens with one attached hydrogen (secondary N) is 1. The maximum atomic E-state index is 11.9. The smallest absolute Gasteiger partial charge is 0.243 e. The zero-order valence-corrected chi connectivity index (χ0v) is 21.0. The molecule has 2 aliphatic rings.